The van der Waals surface area contributed by atoms with Crippen molar-refractivity contribution >= 4 is 12.2 Å². The van der Waals surface area contributed by atoms with Crippen molar-refractivity contribution < 1.29 is 9.47 Å². The lowest BCUT2D eigenvalue weighted by Crippen LogP contribution is -2.32. The number of aromatic nitrogens is 3. The summed E-state index contributed by atoms with van der Waals surface area (Å²) in [5.74, 6) is 0.799. The highest BCUT2D eigenvalue weighted by Gasteiger charge is 2.04. The molecular formula is C13H13N3O2. The van der Waals surface area contributed by atoms with E-state index in [1.165, 1.54) is 0 Å². The lowest BCUT2D eigenvalue weighted by molar-refractivity contribution is -0.612. The van der Waals surface area contributed by atoms with Crippen molar-refractivity contribution in [3.63, 3.8) is 0 Å². The third kappa shape index (κ3) is 2.63. The van der Waals surface area contributed by atoms with E-state index in [0.717, 1.165) is 17.6 Å². The molecule has 0 bridgehead atoms. The number of hydrogen-bond acceptors (Lipinski definition) is 4. The molecule has 1 aromatic heterocycles. The summed E-state index contributed by atoms with van der Waals surface area (Å²) in [6, 6.07) is 7.55. The molecule has 1 heterocycles. The zero-order valence-corrected chi connectivity index (χ0v) is 10.2. The largest absolute Gasteiger partial charge is 0.710 e. The van der Waals surface area contributed by atoms with Gasteiger partial charge in [-0.3, -0.25) is 0 Å². The van der Waals surface area contributed by atoms with Gasteiger partial charge in [-0.1, -0.05) is 18.2 Å². The molecule has 5 heteroatoms. The molecule has 0 unspecified atom stereocenters. The van der Waals surface area contributed by atoms with E-state index >= 15 is 0 Å². The zero-order chi connectivity index (χ0) is 13.0. The van der Waals surface area contributed by atoms with E-state index < -0.39 is 0 Å². The smallest absolute Gasteiger partial charge is 0.318 e. The quantitative estimate of drug-likeness (QED) is 0.606. The van der Waals surface area contributed by atoms with Crippen LogP contribution in [0.5, 0.6) is 5.75 Å². The van der Waals surface area contributed by atoms with Gasteiger partial charge < -0.3 is 9.94 Å². The van der Waals surface area contributed by atoms with Crippen molar-refractivity contribution in [1.29, 1.82) is 0 Å². The van der Waals surface area contributed by atoms with Crippen LogP contribution < -0.4 is 9.47 Å². The number of rotatable bonds is 3. The Labute approximate surface area is 105 Å². The Morgan fingerprint density at radius 2 is 1.94 bits per heavy atom. The van der Waals surface area contributed by atoms with Crippen LogP contribution in [0.2, 0.25) is 0 Å². The molecule has 18 heavy (non-hydrogen) atoms. The second-order valence-electron chi connectivity index (χ2n) is 3.73. The molecule has 0 radical (unpaired) electrons. The highest BCUT2D eigenvalue weighted by atomic mass is 16.5. The van der Waals surface area contributed by atoms with Gasteiger partial charge in [-0.2, -0.15) is 0 Å². The predicted octanol–water partition coefficient (Wildman–Crippen LogP) is 1.60. The minimum atomic E-state index is 0.487. The summed E-state index contributed by atoms with van der Waals surface area (Å²) in [7, 11) is 1.62. The van der Waals surface area contributed by atoms with Gasteiger partial charge in [0.05, 0.1) is 12.2 Å². The van der Waals surface area contributed by atoms with Crippen LogP contribution in [-0.2, 0) is 0 Å². The van der Waals surface area contributed by atoms with Gasteiger partial charge >= 0.3 is 6.33 Å². The Morgan fingerprint density at radius 1 is 1.22 bits per heavy atom. The van der Waals surface area contributed by atoms with Crippen molar-refractivity contribution in [2.45, 2.75) is 6.92 Å². The minimum Gasteiger partial charge on any atom is -0.710 e. The topological polar surface area (TPSA) is 62.0 Å². The van der Waals surface area contributed by atoms with Gasteiger partial charge in [0.25, 0.3) is 0 Å². The Kier molecular flexibility index (Phi) is 3.52. The summed E-state index contributed by atoms with van der Waals surface area (Å²) >= 11 is 0. The second kappa shape index (κ2) is 5.27. The number of benzene rings is 1. The van der Waals surface area contributed by atoms with Crippen LogP contribution in [0.4, 0.5) is 0 Å². The van der Waals surface area contributed by atoms with Crippen molar-refractivity contribution in [1.82, 2.24) is 10.2 Å². The highest BCUT2D eigenvalue weighted by molar-refractivity contribution is 5.67. The van der Waals surface area contributed by atoms with Crippen LogP contribution in [0, 0.1) is 12.1 Å². The van der Waals surface area contributed by atoms with E-state index in [0.29, 0.717) is 16.1 Å². The van der Waals surface area contributed by atoms with Gasteiger partial charge in [-0.05, 0) is 35.8 Å². The number of aryl methyl sites for hydroxylation is 1. The van der Waals surface area contributed by atoms with Crippen LogP contribution >= 0.6 is 0 Å². The second-order valence-corrected chi connectivity index (χ2v) is 3.73. The molecule has 1 aromatic carbocycles. The summed E-state index contributed by atoms with van der Waals surface area (Å²) < 4.78 is 5.77. The first-order chi connectivity index (χ1) is 8.70. The highest BCUT2D eigenvalue weighted by Crippen LogP contribution is 2.13. The number of ether oxygens (including phenoxy) is 1. The lowest BCUT2D eigenvalue weighted by atomic mass is 10.2. The Hall–Kier alpha value is -2.43. The van der Waals surface area contributed by atoms with E-state index in [9.17, 15) is 5.21 Å². The van der Waals surface area contributed by atoms with Crippen molar-refractivity contribution in [3.05, 3.63) is 52.8 Å². The standard InChI is InChI=1S/C13H13N3O2/c1-10-13(16(17)9-14-15-10)8-5-11-3-6-12(18-2)7-4-11/h3-9H,1-2H3/b8-5+. The third-order valence-corrected chi connectivity index (χ3v) is 2.52. The number of hydrogen-bond donors (Lipinski definition) is 0. The van der Waals surface area contributed by atoms with Gasteiger partial charge in [-0.25, -0.2) is 4.73 Å². The van der Waals surface area contributed by atoms with Gasteiger partial charge in [0.1, 0.15) is 11.4 Å². The molecule has 0 N–H and O–H groups in total. The molecule has 5 nitrogen and oxygen atoms in total. The SMILES string of the molecule is COc1ccc(/C=C/c2c(C)nnc[n+]2[O-])cc1. The first-order valence-electron chi connectivity index (χ1n) is 5.44. The zero-order valence-electron chi connectivity index (χ0n) is 10.2. The monoisotopic (exact) mass is 243 g/mol. The summed E-state index contributed by atoms with van der Waals surface area (Å²) in [5.41, 5.74) is 2.06. The van der Waals surface area contributed by atoms with Gasteiger partial charge in [-0.15, -0.1) is 0 Å². The Morgan fingerprint density at radius 3 is 2.56 bits per heavy atom. The fraction of sp³-hybridized carbons (Fsp3) is 0.154. The fourth-order valence-corrected chi connectivity index (χ4v) is 1.52. The normalized spacial score (nSPS) is 10.8. The number of methoxy groups -OCH3 is 1. The third-order valence-electron chi connectivity index (χ3n) is 2.52. The molecule has 2 aromatic rings. The molecule has 0 amide bonds. The summed E-state index contributed by atoms with van der Waals surface area (Å²) in [5, 5.41) is 18.9. The first kappa shape index (κ1) is 12.0. The maximum Gasteiger partial charge on any atom is 0.318 e. The van der Waals surface area contributed by atoms with Crippen LogP contribution in [0.15, 0.2) is 30.6 Å². The van der Waals surface area contributed by atoms with Crippen LogP contribution in [0.1, 0.15) is 17.0 Å². The maximum atomic E-state index is 11.5. The van der Waals surface area contributed by atoms with Gasteiger partial charge in [0.15, 0.2) is 5.69 Å². The van der Waals surface area contributed by atoms with Gasteiger partial charge in [0.2, 0.25) is 0 Å². The van der Waals surface area contributed by atoms with Crippen molar-refractivity contribution in [3.8, 4) is 5.75 Å². The molecule has 0 aliphatic heterocycles. The van der Waals surface area contributed by atoms with E-state index in [1.54, 1.807) is 20.1 Å². The number of nitrogens with zero attached hydrogens (tertiary/aromatic N) is 3. The van der Waals surface area contributed by atoms with E-state index in [2.05, 4.69) is 10.2 Å². The Bertz CT molecular complexity index is 545. The van der Waals surface area contributed by atoms with E-state index in [-0.39, 0.29) is 0 Å². The molecule has 0 saturated carbocycles. The van der Waals surface area contributed by atoms with Crippen molar-refractivity contribution in [2.24, 2.45) is 0 Å². The Balaban J connectivity index is 2.24. The van der Waals surface area contributed by atoms with Crippen LogP contribution in [0.25, 0.3) is 12.2 Å². The maximum absolute atomic E-state index is 11.5. The molecule has 0 fully saturated rings. The average Bonchev–Trinajstić information content (AvgIpc) is 2.39. The molecule has 0 saturated heterocycles. The molecular weight excluding hydrogens is 230 g/mol. The molecule has 0 spiro atoms. The van der Waals surface area contributed by atoms with E-state index in [1.807, 2.05) is 30.3 Å². The molecule has 92 valence electrons. The summed E-state index contributed by atoms with van der Waals surface area (Å²) in [6.45, 7) is 1.75. The first-order valence-corrected chi connectivity index (χ1v) is 5.44. The lowest BCUT2D eigenvalue weighted by Gasteiger charge is -2.04. The van der Waals surface area contributed by atoms with E-state index in [4.69, 9.17) is 4.74 Å². The van der Waals surface area contributed by atoms with Gasteiger partial charge in [0, 0.05) is 0 Å². The molecule has 0 aliphatic rings. The average molecular weight is 243 g/mol. The molecule has 2 rings (SSSR count). The molecule has 0 aliphatic carbocycles. The summed E-state index contributed by atoms with van der Waals surface area (Å²) in [6.07, 6.45) is 4.71. The van der Waals surface area contributed by atoms with Crippen molar-refractivity contribution in [2.75, 3.05) is 7.11 Å². The van der Waals surface area contributed by atoms with Crippen LogP contribution in [-0.4, -0.2) is 17.3 Å². The predicted molar refractivity (Wildman–Crippen MR) is 67.7 cm³/mol. The summed E-state index contributed by atoms with van der Waals surface area (Å²) in [4.78, 5) is 0. The minimum absolute atomic E-state index is 0.487. The van der Waals surface area contributed by atoms with Crippen LogP contribution in [0.3, 0.4) is 0 Å². The molecule has 0 atom stereocenters. The fourth-order valence-electron chi connectivity index (χ4n) is 1.52.